The summed E-state index contributed by atoms with van der Waals surface area (Å²) in [5.74, 6) is -0.635. The molecule has 0 aliphatic carbocycles. The number of carbonyl (C=O) groups excluding carboxylic acids is 2. The van der Waals surface area contributed by atoms with Crippen LogP contribution in [0.3, 0.4) is 0 Å². The second kappa shape index (κ2) is 6.36. The van der Waals surface area contributed by atoms with Gasteiger partial charge in [0.2, 0.25) is 5.91 Å². The smallest absolute Gasteiger partial charge is 0.251 e. The Morgan fingerprint density at radius 1 is 1.24 bits per heavy atom. The van der Waals surface area contributed by atoms with Gasteiger partial charge in [-0.2, -0.15) is 0 Å². The molecule has 0 saturated heterocycles. The summed E-state index contributed by atoms with van der Waals surface area (Å²) in [5.41, 5.74) is 7.48. The number of benzene rings is 1. The Morgan fingerprint density at radius 2 is 1.90 bits per heavy atom. The molecule has 0 unspecified atom stereocenters. The summed E-state index contributed by atoms with van der Waals surface area (Å²) in [4.78, 5) is 28.8. The molecule has 0 fully saturated rings. The van der Waals surface area contributed by atoms with Crippen molar-refractivity contribution in [3.8, 4) is 0 Å². The molecule has 1 aromatic heterocycles. The molecular weight excluding hydrogens is 288 g/mol. The summed E-state index contributed by atoms with van der Waals surface area (Å²) in [6.45, 7) is 3.71. The van der Waals surface area contributed by atoms with E-state index in [-0.39, 0.29) is 18.4 Å². The molecule has 6 nitrogen and oxygen atoms in total. The molecule has 0 radical (unpaired) electrons. The maximum absolute atomic E-state index is 11.8. The van der Waals surface area contributed by atoms with Gasteiger partial charge in [-0.15, -0.1) is 11.3 Å². The fourth-order valence-electron chi connectivity index (χ4n) is 1.59. The predicted molar refractivity (Wildman–Crippen MR) is 83.4 cm³/mol. The number of rotatable bonds is 4. The van der Waals surface area contributed by atoms with Crippen LogP contribution in [0.5, 0.6) is 0 Å². The van der Waals surface area contributed by atoms with Crippen LogP contribution in [0.1, 0.15) is 20.9 Å². The Hall–Kier alpha value is -2.41. The lowest BCUT2D eigenvalue weighted by Gasteiger charge is -2.05. The molecule has 110 valence electrons. The van der Waals surface area contributed by atoms with Crippen LogP contribution < -0.4 is 16.4 Å². The number of hydrogen-bond acceptors (Lipinski definition) is 5. The number of aromatic nitrogens is 1. The number of carbonyl (C=O) groups is 2. The first-order valence-corrected chi connectivity index (χ1v) is 7.15. The van der Waals surface area contributed by atoms with Crippen molar-refractivity contribution in [3.05, 3.63) is 40.4 Å². The third-order valence-electron chi connectivity index (χ3n) is 2.86. The Bertz CT molecular complexity index is 645. The van der Waals surface area contributed by atoms with Crippen molar-refractivity contribution in [1.29, 1.82) is 0 Å². The third kappa shape index (κ3) is 4.03. The Morgan fingerprint density at radius 3 is 2.48 bits per heavy atom. The molecule has 1 heterocycles. The van der Waals surface area contributed by atoms with E-state index in [4.69, 9.17) is 5.73 Å². The second-order valence-electron chi connectivity index (χ2n) is 4.51. The molecule has 2 rings (SSSR count). The van der Waals surface area contributed by atoms with Crippen LogP contribution in [0.4, 0.5) is 10.8 Å². The molecule has 0 aliphatic heterocycles. The van der Waals surface area contributed by atoms with Gasteiger partial charge in [-0.1, -0.05) is 0 Å². The fraction of sp³-hybridized carbons (Fsp3) is 0.214. The predicted octanol–water partition coefficient (Wildman–Crippen LogP) is 1.71. The van der Waals surface area contributed by atoms with Crippen LogP contribution >= 0.6 is 11.3 Å². The van der Waals surface area contributed by atoms with Crippen molar-refractivity contribution < 1.29 is 9.59 Å². The molecule has 7 heteroatoms. The van der Waals surface area contributed by atoms with Gasteiger partial charge in [0.1, 0.15) is 0 Å². The van der Waals surface area contributed by atoms with Gasteiger partial charge in [0.25, 0.3) is 5.91 Å². The number of amides is 2. The van der Waals surface area contributed by atoms with Gasteiger partial charge in [0.05, 0.1) is 12.2 Å². The lowest BCUT2D eigenvalue weighted by Crippen LogP contribution is -2.32. The van der Waals surface area contributed by atoms with E-state index in [1.165, 1.54) is 11.3 Å². The van der Waals surface area contributed by atoms with Crippen LogP contribution in [0, 0.1) is 13.8 Å². The molecule has 0 spiro atoms. The molecule has 2 amide bonds. The van der Waals surface area contributed by atoms with Crippen LogP contribution in [0.2, 0.25) is 0 Å². The minimum Gasteiger partial charge on any atom is -0.399 e. The van der Waals surface area contributed by atoms with Gasteiger partial charge in [-0.05, 0) is 38.1 Å². The van der Waals surface area contributed by atoms with Crippen LogP contribution in [0.25, 0.3) is 0 Å². The highest BCUT2D eigenvalue weighted by atomic mass is 32.1. The van der Waals surface area contributed by atoms with E-state index in [1.807, 2.05) is 13.8 Å². The van der Waals surface area contributed by atoms with Crippen LogP contribution in [-0.4, -0.2) is 23.3 Å². The normalized spacial score (nSPS) is 10.2. The lowest BCUT2D eigenvalue weighted by atomic mass is 10.2. The highest BCUT2D eigenvalue weighted by molar-refractivity contribution is 7.15. The summed E-state index contributed by atoms with van der Waals surface area (Å²) >= 11 is 1.41. The molecule has 2 aromatic rings. The minimum absolute atomic E-state index is 0.110. The van der Waals surface area contributed by atoms with Crippen LogP contribution in [0.15, 0.2) is 24.3 Å². The highest BCUT2D eigenvalue weighted by Gasteiger charge is 2.10. The topological polar surface area (TPSA) is 97.1 Å². The number of nitrogens with one attached hydrogen (secondary N) is 2. The summed E-state index contributed by atoms with van der Waals surface area (Å²) in [6.07, 6.45) is 0. The summed E-state index contributed by atoms with van der Waals surface area (Å²) in [7, 11) is 0. The van der Waals surface area contributed by atoms with Gasteiger partial charge in [-0.25, -0.2) is 4.98 Å². The quantitative estimate of drug-likeness (QED) is 0.749. The van der Waals surface area contributed by atoms with E-state index >= 15 is 0 Å². The molecule has 0 saturated carbocycles. The SMILES string of the molecule is Cc1nc(NC(=O)CNC(=O)c2ccc(N)cc2)sc1C. The minimum atomic E-state index is -0.323. The van der Waals surface area contributed by atoms with Gasteiger partial charge in [0.15, 0.2) is 5.13 Å². The first-order chi connectivity index (χ1) is 9.95. The molecule has 0 bridgehead atoms. The first-order valence-electron chi connectivity index (χ1n) is 6.33. The number of anilines is 2. The summed E-state index contributed by atoms with van der Waals surface area (Å²) in [6, 6.07) is 6.48. The molecule has 1 aromatic carbocycles. The van der Waals surface area contributed by atoms with Gasteiger partial charge < -0.3 is 16.4 Å². The number of aryl methyl sites for hydroxylation is 2. The molecular formula is C14H16N4O2S. The zero-order valence-corrected chi connectivity index (χ0v) is 12.6. The summed E-state index contributed by atoms with van der Waals surface area (Å²) in [5, 5.41) is 5.74. The van der Waals surface area contributed by atoms with Crippen molar-refractivity contribution in [1.82, 2.24) is 10.3 Å². The second-order valence-corrected chi connectivity index (χ2v) is 5.72. The van der Waals surface area contributed by atoms with E-state index < -0.39 is 0 Å². The Kier molecular flexibility index (Phi) is 4.54. The molecule has 21 heavy (non-hydrogen) atoms. The third-order valence-corrected chi connectivity index (χ3v) is 3.85. The highest BCUT2D eigenvalue weighted by Crippen LogP contribution is 2.20. The van der Waals surface area contributed by atoms with Crippen molar-refractivity contribution in [2.24, 2.45) is 0 Å². The van der Waals surface area contributed by atoms with Crippen LogP contribution in [-0.2, 0) is 4.79 Å². The Balaban J connectivity index is 1.86. The zero-order valence-electron chi connectivity index (χ0n) is 11.8. The maximum atomic E-state index is 11.8. The van der Waals surface area contributed by atoms with E-state index in [1.54, 1.807) is 24.3 Å². The average molecular weight is 304 g/mol. The Labute approximate surface area is 126 Å². The summed E-state index contributed by atoms with van der Waals surface area (Å²) < 4.78 is 0. The number of nitrogen functional groups attached to an aromatic ring is 1. The monoisotopic (exact) mass is 304 g/mol. The number of thiazole rings is 1. The molecule has 4 N–H and O–H groups in total. The molecule has 0 atom stereocenters. The van der Waals surface area contributed by atoms with Gasteiger partial charge in [-0.3, -0.25) is 9.59 Å². The van der Waals surface area contributed by atoms with Crippen molar-refractivity contribution >= 4 is 34.0 Å². The van der Waals surface area contributed by atoms with Gasteiger partial charge in [0, 0.05) is 16.1 Å². The van der Waals surface area contributed by atoms with E-state index in [0.29, 0.717) is 16.4 Å². The maximum Gasteiger partial charge on any atom is 0.251 e. The van der Waals surface area contributed by atoms with Crippen molar-refractivity contribution in [3.63, 3.8) is 0 Å². The zero-order chi connectivity index (χ0) is 15.4. The standard InChI is InChI=1S/C14H16N4O2S/c1-8-9(2)21-14(17-8)18-12(19)7-16-13(20)10-3-5-11(15)6-4-10/h3-6H,7,15H2,1-2H3,(H,16,20)(H,17,18,19). The molecule has 0 aliphatic rings. The van der Waals surface area contributed by atoms with E-state index in [2.05, 4.69) is 15.6 Å². The van der Waals surface area contributed by atoms with Crippen molar-refractivity contribution in [2.75, 3.05) is 17.6 Å². The number of nitrogens with two attached hydrogens (primary N) is 1. The van der Waals surface area contributed by atoms with E-state index in [9.17, 15) is 9.59 Å². The number of hydrogen-bond donors (Lipinski definition) is 3. The fourth-order valence-corrected chi connectivity index (χ4v) is 2.42. The largest absolute Gasteiger partial charge is 0.399 e. The van der Waals surface area contributed by atoms with Gasteiger partial charge >= 0.3 is 0 Å². The average Bonchev–Trinajstić information content (AvgIpc) is 2.75. The van der Waals surface area contributed by atoms with Crippen molar-refractivity contribution in [2.45, 2.75) is 13.8 Å². The number of nitrogens with zero attached hydrogens (tertiary/aromatic N) is 1. The lowest BCUT2D eigenvalue weighted by molar-refractivity contribution is -0.115. The van der Waals surface area contributed by atoms with E-state index in [0.717, 1.165) is 10.6 Å². The first kappa shape index (κ1) is 15.0.